The molecular weight excluding hydrogens is 411 g/mol. The summed E-state index contributed by atoms with van der Waals surface area (Å²) in [7, 11) is -3.66. The second-order valence-electron chi connectivity index (χ2n) is 5.83. The van der Waals surface area contributed by atoms with Crippen LogP contribution < -0.4 is 14.4 Å². The molecule has 1 N–H and O–H groups in total. The van der Waals surface area contributed by atoms with Gasteiger partial charge in [0.25, 0.3) is 0 Å². The average molecular weight is 431 g/mol. The lowest BCUT2D eigenvalue weighted by Gasteiger charge is -2.22. The summed E-state index contributed by atoms with van der Waals surface area (Å²) in [5.74, 6) is 0.0559. The van der Waals surface area contributed by atoms with Gasteiger partial charge in [-0.15, -0.1) is 0 Å². The number of anilines is 1. The number of sulfonamides is 1. The van der Waals surface area contributed by atoms with Gasteiger partial charge in [-0.2, -0.15) is 0 Å². The first-order valence-electron chi connectivity index (χ1n) is 8.06. The number of aryl methyl sites for hydroxylation is 1. The molecule has 2 aromatic rings. The number of para-hydroxylation sites is 1. The topological polar surface area (TPSA) is 75.7 Å². The normalized spacial score (nSPS) is 11.1. The summed E-state index contributed by atoms with van der Waals surface area (Å²) in [6.07, 6.45) is 1.04. The predicted molar refractivity (Wildman–Crippen MR) is 108 cm³/mol. The predicted octanol–water partition coefficient (Wildman–Crippen LogP) is 3.26. The van der Waals surface area contributed by atoms with E-state index in [0.717, 1.165) is 16.1 Å². The van der Waals surface area contributed by atoms with Gasteiger partial charge in [0.1, 0.15) is 18.9 Å². The quantitative estimate of drug-likeness (QED) is 0.651. The number of carbonyl (C=O) groups is 1. The van der Waals surface area contributed by atoms with Crippen LogP contribution in [0.3, 0.4) is 0 Å². The van der Waals surface area contributed by atoms with Gasteiger partial charge >= 0.3 is 0 Å². The largest absolute Gasteiger partial charge is 0.490 e. The molecule has 0 bridgehead atoms. The van der Waals surface area contributed by atoms with Crippen LogP contribution in [0.4, 0.5) is 5.69 Å². The highest BCUT2D eigenvalue weighted by atomic mass is 35.5. The van der Waals surface area contributed by atoms with Crippen LogP contribution in [0.5, 0.6) is 5.75 Å². The van der Waals surface area contributed by atoms with Gasteiger partial charge < -0.3 is 10.1 Å². The first-order valence-corrected chi connectivity index (χ1v) is 10.7. The number of nitrogens with one attached hydrogen (secondary N) is 1. The molecule has 27 heavy (non-hydrogen) atoms. The minimum atomic E-state index is -3.66. The molecule has 0 heterocycles. The lowest BCUT2D eigenvalue weighted by atomic mass is 10.2. The lowest BCUT2D eigenvalue weighted by molar-refractivity contribution is -0.119. The van der Waals surface area contributed by atoms with Crippen molar-refractivity contribution in [2.24, 2.45) is 0 Å². The van der Waals surface area contributed by atoms with E-state index in [2.05, 4.69) is 5.32 Å². The number of hydrogen-bond acceptors (Lipinski definition) is 4. The summed E-state index contributed by atoms with van der Waals surface area (Å²) in [5.41, 5.74) is 1.14. The molecule has 2 aromatic carbocycles. The second kappa shape index (κ2) is 9.30. The Morgan fingerprint density at radius 1 is 1.15 bits per heavy atom. The van der Waals surface area contributed by atoms with Gasteiger partial charge in [-0.3, -0.25) is 9.10 Å². The number of rotatable bonds is 8. The molecule has 0 radical (unpaired) electrons. The molecule has 9 heteroatoms. The summed E-state index contributed by atoms with van der Waals surface area (Å²) in [5, 5.41) is 3.53. The van der Waals surface area contributed by atoms with E-state index >= 15 is 0 Å². The molecule has 0 saturated carbocycles. The van der Waals surface area contributed by atoms with Crippen molar-refractivity contribution in [3.05, 3.63) is 58.1 Å². The van der Waals surface area contributed by atoms with Gasteiger partial charge in [-0.25, -0.2) is 8.42 Å². The minimum absolute atomic E-state index is 0.199. The van der Waals surface area contributed by atoms with Crippen LogP contribution in [0.1, 0.15) is 5.56 Å². The number of amides is 1. The fourth-order valence-electron chi connectivity index (χ4n) is 2.24. The molecule has 2 rings (SSSR count). The summed E-state index contributed by atoms with van der Waals surface area (Å²) in [6.45, 7) is 1.86. The molecular formula is C18H20Cl2N2O4S. The smallest absolute Gasteiger partial charge is 0.240 e. The van der Waals surface area contributed by atoms with E-state index in [4.69, 9.17) is 27.9 Å². The Bertz CT molecular complexity index is 919. The maximum Gasteiger partial charge on any atom is 0.240 e. The number of nitrogens with zero attached hydrogens (tertiary/aromatic N) is 1. The Hall–Kier alpha value is -1.96. The second-order valence-corrected chi connectivity index (χ2v) is 8.55. The van der Waals surface area contributed by atoms with Gasteiger partial charge in [-0.1, -0.05) is 41.4 Å². The lowest BCUT2D eigenvalue weighted by Crippen LogP contribution is -2.41. The van der Waals surface area contributed by atoms with Crippen LogP contribution in [-0.4, -0.2) is 40.3 Å². The molecule has 0 spiro atoms. The summed E-state index contributed by atoms with van der Waals surface area (Å²) >= 11 is 12.0. The van der Waals surface area contributed by atoms with Crippen molar-refractivity contribution in [2.45, 2.75) is 6.92 Å². The molecule has 0 saturated heterocycles. The molecule has 0 aliphatic heterocycles. The maximum absolute atomic E-state index is 12.2. The fraction of sp³-hybridized carbons (Fsp3) is 0.278. The molecule has 6 nitrogen and oxygen atoms in total. The van der Waals surface area contributed by atoms with Gasteiger partial charge in [0.2, 0.25) is 15.9 Å². The van der Waals surface area contributed by atoms with E-state index in [-0.39, 0.29) is 19.7 Å². The molecule has 0 unspecified atom stereocenters. The van der Waals surface area contributed by atoms with Crippen LogP contribution in [0.25, 0.3) is 0 Å². The standard InChI is InChI=1S/C18H20Cl2N2O4S/c1-13-7-8-14(11-16(13)20)22(27(2,24)25)12-18(23)21-9-10-26-17-6-4-3-5-15(17)19/h3-8,11H,9-10,12H2,1-2H3,(H,21,23). The summed E-state index contributed by atoms with van der Waals surface area (Å²) in [6, 6.07) is 11.8. The Morgan fingerprint density at radius 3 is 2.48 bits per heavy atom. The van der Waals surface area contributed by atoms with Crippen LogP contribution in [0.2, 0.25) is 10.0 Å². The highest BCUT2D eigenvalue weighted by Crippen LogP contribution is 2.25. The third kappa shape index (κ3) is 6.30. The zero-order valence-corrected chi connectivity index (χ0v) is 17.2. The van der Waals surface area contributed by atoms with E-state index in [1.807, 2.05) is 6.92 Å². The number of hydrogen-bond donors (Lipinski definition) is 1. The number of carbonyl (C=O) groups excluding carboxylic acids is 1. The van der Waals surface area contributed by atoms with Crippen molar-refractivity contribution in [2.75, 3.05) is 30.3 Å². The molecule has 0 aliphatic carbocycles. The third-order valence-electron chi connectivity index (χ3n) is 3.65. The fourth-order valence-corrected chi connectivity index (χ4v) is 3.45. The minimum Gasteiger partial charge on any atom is -0.490 e. The Labute approximate surface area is 169 Å². The van der Waals surface area contributed by atoms with Crippen molar-refractivity contribution in [3.8, 4) is 5.75 Å². The van der Waals surface area contributed by atoms with Gasteiger partial charge in [0.15, 0.2) is 0 Å². The monoisotopic (exact) mass is 430 g/mol. The zero-order chi connectivity index (χ0) is 20.0. The van der Waals surface area contributed by atoms with E-state index < -0.39 is 15.9 Å². The molecule has 0 aromatic heterocycles. The average Bonchev–Trinajstić information content (AvgIpc) is 2.59. The third-order valence-corrected chi connectivity index (χ3v) is 5.51. The van der Waals surface area contributed by atoms with E-state index in [1.54, 1.807) is 36.4 Å². The van der Waals surface area contributed by atoms with Crippen LogP contribution in [-0.2, 0) is 14.8 Å². The Morgan fingerprint density at radius 2 is 1.85 bits per heavy atom. The summed E-state index contributed by atoms with van der Waals surface area (Å²) < 4.78 is 30.6. The molecule has 0 atom stereocenters. The van der Waals surface area contributed by atoms with E-state index in [0.29, 0.717) is 21.5 Å². The molecule has 0 fully saturated rings. The molecule has 0 aliphatic rings. The Balaban J connectivity index is 1.94. The maximum atomic E-state index is 12.2. The molecule has 146 valence electrons. The van der Waals surface area contributed by atoms with Crippen molar-refractivity contribution < 1.29 is 17.9 Å². The van der Waals surface area contributed by atoms with Crippen molar-refractivity contribution >= 4 is 44.8 Å². The highest BCUT2D eigenvalue weighted by Gasteiger charge is 2.21. The van der Waals surface area contributed by atoms with Crippen molar-refractivity contribution in [1.82, 2.24) is 5.32 Å². The van der Waals surface area contributed by atoms with E-state index in [1.165, 1.54) is 6.07 Å². The summed E-state index contributed by atoms with van der Waals surface area (Å²) in [4.78, 5) is 12.2. The van der Waals surface area contributed by atoms with Gasteiger partial charge in [-0.05, 0) is 36.8 Å². The highest BCUT2D eigenvalue weighted by molar-refractivity contribution is 7.92. The Kier molecular flexibility index (Phi) is 7.35. The SMILES string of the molecule is Cc1ccc(N(CC(=O)NCCOc2ccccc2Cl)S(C)(=O)=O)cc1Cl. The van der Waals surface area contributed by atoms with Crippen LogP contribution in [0, 0.1) is 6.92 Å². The number of ether oxygens (including phenoxy) is 1. The first-order chi connectivity index (χ1) is 12.7. The van der Waals surface area contributed by atoms with Crippen molar-refractivity contribution in [1.29, 1.82) is 0 Å². The van der Waals surface area contributed by atoms with Crippen molar-refractivity contribution in [3.63, 3.8) is 0 Å². The van der Waals surface area contributed by atoms with Crippen LogP contribution >= 0.6 is 23.2 Å². The van der Waals surface area contributed by atoms with Crippen LogP contribution in [0.15, 0.2) is 42.5 Å². The number of benzene rings is 2. The van der Waals surface area contributed by atoms with Gasteiger partial charge in [0, 0.05) is 5.02 Å². The van der Waals surface area contributed by atoms with E-state index in [9.17, 15) is 13.2 Å². The van der Waals surface area contributed by atoms with Gasteiger partial charge in [0.05, 0.1) is 23.5 Å². The zero-order valence-electron chi connectivity index (χ0n) is 14.9. The number of halogens is 2. The molecule has 1 amide bonds. The first kappa shape index (κ1) is 21.3.